The molecule has 1 aromatic rings. The molecule has 0 aliphatic rings. The molecule has 0 amide bonds. The molecule has 0 aliphatic carbocycles. The SMILES string of the molecule is Cc1cc(C)c(CCC(=O)[Si])c(Cl)c1C. The highest BCUT2D eigenvalue weighted by atomic mass is 35.5. The molecule has 0 aliphatic heterocycles. The van der Waals surface area contributed by atoms with Crippen LogP contribution in [0.2, 0.25) is 5.02 Å². The predicted molar refractivity (Wildman–Crippen MR) is 64.7 cm³/mol. The number of aryl methyl sites for hydroxylation is 2. The lowest BCUT2D eigenvalue weighted by Gasteiger charge is -2.12. The van der Waals surface area contributed by atoms with Crippen LogP contribution in [0.4, 0.5) is 0 Å². The first-order valence-corrected chi connectivity index (χ1v) is 5.81. The van der Waals surface area contributed by atoms with E-state index in [0.717, 1.165) is 21.7 Å². The molecule has 0 spiro atoms. The van der Waals surface area contributed by atoms with E-state index in [1.165, 1.54) is 5.56 Å². The van der Waals surface area contributed by atoms with Gasteiger partial charge in [-0.2, -0.15) is 0 Å². The van der Waals surface area contributed by atoms with Crippen LogP contribution < -0.4 is 0 Å². The quantitative estimate of drug-likeness (QED) is 0.739. The number of hydrogen-bond donors (Lipinski definition) is 0. The van der Waals surface area contributed by atoms with Crippen LogP contribution in [-0.4, -0.2) is 15.6 Å². The first kappa shape index (κ1) is 12.5. The zero-order valence-electron chi connectivity index (χ0n) is 9.28. The molecule has 1 aromatic carbocycles. The van der Waals surface area contributed by atoms with E-state index < -0.39 is 0 Å². The van der Waals surface area contributed by atoms with Crippen molar-refractivity contribution in [2.24, 2.45) is 0 Å². The number of carbonyl (C=O) groups excluding carboxylic acids is 1. The van der Waals surface area contributed by atoms with Gasteiger partial charge in [0.1, 0.15) is 15.6 Å². The Morgan fingerprint density at radius 1 is 1.33 bits per heavy atom. The Hall–Kier alpha value is -0.603. The standard InChI is InChI=1S/C12H14ClOSi/c1-7-6-8(2)10(4-5-11(14)15)12(13)9(7)3/h6H,4-5H2,1-3H3. The third-order valence-electron chi connectivity index (χ3n) is 2.70. The number of benzene rings is 1. The molecule has 0 bridgehead atoms. The Kier molecular flexibility index (Phi) is 4.11. The maximum absolute atomic E-state index is 10.9. The lowest BCUT2D eigenvalue weighted by atomic mass is 9.97. The fourth-order valence-electron chi connectivity index (χ4n) is 1.64. The van der Waals surface area contributed by atoms with Gasteiger partial charge < -0.3 is 4.79 Å². The second-order valence-corrected chi connectivity index (χ2v) is 4.79. The first-order chi connectivity index (χ1) is 6.93. The Balaban J connectivity index is 3.07. The van der Waals surface area contributed by atoms with E-state index in [-0.39, 0.29) is 5.41 Å². The summed E-state index contributed by atoms with van der Waals surface area (Å²) in [5.41, 5.74) is 4.56. The minimum Gasteiger partial charge on any atom is -0.306 e. The van der Waals surface area contributed by atoms with Crippen LogP contribution in [0.15, 0.2) is 6.07 Å². The van der Waals surface area contributed by atoms with Crippen molar-refractivity contribution < 1.29 is 4.79 Å². The molecule has 0 unspecified atom stereocenters. The molecule has 0 N–H and O–H groups in total. The summed E-state index contributed by atoms with van der Waals surface area (Å²) in [5.74, 6) is 0. The van der Waals surface area contributed by atoms with Crippen molar-refractivity contribution in [3.8, 4) is 0 Å². The monoisotopic (exact) mass is 237 g/mol. The lowest BCUT2D eigenvalue weighted by molar-refractivity contribution is -0.111. The average Bonchev–Trinajstić information content (AvgIpc) is 2.14. The third kappa shape index (κ3) is 2.92. The Morgan fingerprint density at radius 2 is 1.93 bits per heavy atom. The van der Waals surface area contributed by atoms with Gasteiger partial charge in [-0.05, 0) is 49.4 Å². The minimum atomic E-state index is 0.0173. The molecule has 1 rings (SSSR count). The lowest BCUT2D eigenvalue weighted by Crippen LogP contribution is -2.02. The van der Waals surface area contributed by atoms with Crippen LogP contribution >= 0.6 is 11.6 Å². The Bertz CT molecular complexity index is 399. The molecular formula is C12H14ClOSi. The summed E-state index contributed by atoms with van der Waals surface area (Å²) in [6, 6.07) is 2.12. The highest BCUT2D eigenvalue weighted by molar-refractivity contribution is 6.57. The molecule has 3 radical (unpaired) electrons. The van der Waals surface area contributed by atoms with E-state index in [0.29, 0.717) is 12.8 Å². The van der Waals surface area contributed by atoms with Crippen LogP contribution in [-0.2, 0) is 11.2 Å². The molecule has 79 valence electrons. The van der Waals surface area contributed by atoms with Crippen LogP contribution in [0.25, 0.3) is 0 Å². The molecule has 3 heteroatoms. The maximum Gasteiger partial charge on any atom is 0.126 e. The predicted octanol–water partition coefficient (Wildman–Crippen LogP) is 2.89. The van der Waals surface area contributed by atoms with Crippen LogP contribution in [0.1, 0.15) is 28.7 Å². The summed E-state index contributed by atoms with van der Waals surface area (Å²) in [4.78, 5) is 10.9. The minimum absolute atomic E-state index is 0.0173. The zero-order valence-corrected chi connectivity index (χ0v) is 11.0. The van der Waals surface area contributed by atoms with E-state index in [2.05, 4.69) is 16.3 Å². The van der Waals surface area contributed by atoms with Gasteiger partial charge in [-0.15, -0.1) is 0 Å². The second-order valence-electron chi connectivity index (χ2n) is 3.85. The Labute approximate surface area is 99.3 Å². The molecule has 0 fully saturated rings. The maximum atomic E-state index is 10.9. The van der Waals surface area contributed by atoms with Crippen molar-refractivity contribution in [1.29, 1.82) is 0 Å². The number of halogens is 1. The van der Waals surface area contributed by atoms with Gasteiger partial charge in [-0.25, -0.2) is 0 Å². The molecule has 0 atom stereocenters. The smallest absolute Gasteiger partial charge is 0.126 e. The van der Waals surface area contributed by atoms with Crippen molar-refractivity contribution in [3.05, 3.63) is 33.3 Å². The fourth-order valence-corrected chi connectivity index (χ4v) is 2.16. The van der Waals surface area contributed by atoms with E-state index >= 15 is 0 Å². The van der Waals surface area contributed by atoms with Crippen LogP contribution in [0.3, 0.4) is 0 Å². The number of rotatable bonds is 3. The molecule has 0 saturated carbocycles. The van der Waals surface area contributed by atoms with Crippen LogP contribution in [0, 0.1) is 20.8 Å². The average molecular weight is 238 g/mol. The fraction of sp³-hybridized carbons (Fsp3) is 0.417. The molecule has 1 nitrogen and oxygen atoms in total. The van der Waals surface area contributed by atoms with Crippen LogP contribution in [0.5, 0.6) is 0 Å². The van der Waals surface area contributed by atoms with Crippen molar-refractivity contribution in [2.75, 3.05) is 0 Å². The Morgan fingerprint density at radius 3 is 2.47 bits per heavy atom. The molecular weight excluding hydrogens is 224 g/mol. The van der Waals surface area contributed by atoms with Gasteiger partial charge in [0.05, 0.1) is 0 Å². The topological polar surface area (TPSA) is 17.1 Å². The zero-order chi connectivity index (χ0) is 11.6. The van der Waals surface area contributed by atoms with Gasteiger partial charge in [0, 0.05) is 11.4 Å². The summed E-state index contributed by atoms with van der Waals surface area (Å²) in [6.45, 7) is 6.09. The molecule has 15 heavy (non-hydrogen) atoms. The van der Waals surface area contributed by atoms with Gasteiger partial charge in [0.15, 0.2) is 0 Å². The summed E-state index contributed by atoms with van der Waals surface area (Å²) in [6.07, 6.45) is 1.19. The normalized spacial score (nSPS) is 10.5. The highest BCUT2D eigenvalue weighted by Gasteiger charge is 2.10. The molecule has 0 saturated heterocycles. The molecule has 0 heterocycles. The summed E-state index contributed by atoms with van der Waals surface area (Å²) in [7, 11) is 2.98. The van der Waals surface area contributed by atoms with Gasteiger partial charge in [0.25, 0.3) is 0 Å². The van der Waals surface area contributed by atoms with Gasteiger partial charge in [0.2, 0.25) is 0 Å². The molecule has 0 aromatic heterocycles. The first-order valence-electron chi connectivity index (χ1n) is 4.93. The summed E-state index contributed by atoms with van der Waals surface area (Å²) < 4.78 is 0. The van der Waals surface area contributed by atoms with E-state index in [1.54, 1.807) is 0 Å². The van der Waals surface area contributed by atoms with Crippen molar-refractivity contribution in [2.45, 2.75) is 33.6 Å². The highest BCUT2D eigenvalue weighted by Crippen LogP contribution is 2.27. The van der Waals surface area contributed by atoms with Gasteiger partial charge in [-0.3, -0.25) is 0 Å². The number of hydrogen-bond acceptors (Lipinski definition) is 1. The summed E-state index contributed by atoms with van der Waals surface area (Å²) in [5, 5.41) is 0.823. The van der Waals surface area contributed by atoms with Crippen molar-refractivity contribution >= 4 is 27.2 Å². The van der Waals surface area contributed by atoms with Crippen molar-refractivity contribution in [1.82, 2.24) is 0 Å². The summed E-state index contributed by atoms with van der Waals surface area (Å²) >= 11 is 6.26. The van der Waals surface area contributed by atoms with E-state index in [9.17, 15) is 4.79 Å². The largest absolute Gasteiger partial charge is 0.306 e. The third-order valence-corrected chi connectivity index (χ3v) is 3.46. The van der Waals surface area contributed by atoms with Gasteiger partial charge in [-0.1, -0.05) is 17.7 Å². The van der Waals surface area contributed by atoms with Crippen molar-refractivity contribution in [3.63, 3.8) is 0 Å². The van der Waals surface area contributed by atoms with Gasteiger partial charge >= 0.3 is 0 Å². The van der Waals surface area contributed by atoms with E-state index in [1.807, 2.05) is 20.8 Å². The van der Waals surface area contributed by atoms with E-state index in [4.69, 9.17) is 11.6 Å². The second kappa shape index (κ2) is 4.95. The number of carbonyl (C=O) groups is 1.